The second kappa shape index (κ2) is 9.04. The summed E-state index contributed by atoms with van der Waals surface area (Å²) in [5, 5.41) is 9.64. The number of carboxylic acids is 1. The topological polar surface area (TPSA) is 66.8 Å². The zero-order valence-corrected chi connectivity index (χ0v) is 17.4. The van der Waals surface area contributed by atoms with Crippen molar-refractivity contribution in [3.63, 3.8) is 0 Å². The Balaban J connectivity index is 1.76. The van der Waals surface area contributed by atoms with Crippen LogP contribution < -0.4 is 0 Å². The molecule has 1 aliphatic carbocycles. The summed E-state index contributed by atoms with van der Waals surface area (Å²) in [6, 6.07) is 24.9. The molecule has 4 rings (SSSR count). The molecule has 1 amide bonds. The number of rotatable bonds is 7. The van der Waals surface area contributed by atoms with Crippen LogP contribution in [0.1, 0.15) is 35.6 Å². The molecule has 5 heteroatoms. The summed E-state index contributed by atoms with van der Waals surface area (Å²) in [5.41, 5.74) is 5.21. The van der Waals surface area contributed by atoms with Gasteiger partial charge in [-0.05, 0) is 40.7 Å². The van der Waals surface area contributed by atoms with Gasteiger partial charge < -0.3 is 9.84 Å². The van der Waals surface area contributed by atoms with Gasteiger partial charge in [0, 0.05) is 6.04 Å². The summed E-state index contributed by atoms with van der Waals surface area (Å²) in [6.45, 7) is 0. The molecule has 31 heavy (non-hydrogen) atoms. The van der Waals surface area contributed by atoms with Gasteiger partial charge in [-0.3, -0.25) is 9.69 Å². The maximum atomic E-state index is 13.1. The molecule has 0 spiro atoms. The van der Waals surface area contributed by atoms with Crippen molar-refractivity contribution in [3.8, 4) is 11.1 Å². The van der Waals surface area contributed by atoms with Gasteiger partial charge in [0.05, 0.1) is 19.6 Å². The number of benzene rings is 3. The Hall–Kier alpha value is -3.60. The number of carbonyl (C=O) groups excluding carboxylic acids is 1. The van der Waals surface area contributed by atoms with Gasteiger partial charge >= 0.3 is 12.1 Å². The van der Waals surface area contributed by atoms with E-state index in [2.05, 4.69) is 0 Å². The van der Waals surface area contributed by atoms with E-state index in [0.29, 0.717) is 12.8 Å². The fraction of sp³-hybridized carbons (Fsp3) is 0.231. The standard InChI is InChI=1S/C26H25NO4/c1-31-26(30)27(19(17-24(28)29)16-15-18-9-3-2-4-10-18)25-22-13-7-5-11-20(22)21-12-6-8-14-23(21)25/h2-14,19,25H,15-17H2,1H3,(H,28,29)/t19-/m1/s1. The number of aryl methyl sites for hydroxylation is 1. The van der Waals surface area contributed by atoms with Crippen LogP contribution >= 0.6 is 0 Å². The molecule has 0 radical (unpaired) electrons. The van der Waals surface area contributed by atoms with Crippen molar-refractivity contribution < 1.29 is 19.4 Å². The van der Waals surface area contributed by atoms with Crippen LogP contribution in [0, 0.1) is 0 Å². The van der Waals surface area contributed by atoms with E-state index >= 15 is 0 Å². The predicted octanol–water partition coefficient (Wildman–Crippen LogP) is 5.30. The first-order chi connectivity index (χ1) is 15.1. The van der Waals surface area contributed by atoms with Crippen molar-refractivity contribution in [2.24, 2.45) is 0 Å². The number of hydrogen-bond donors (Lipinski definition) is 1. The fourth-order valence-corrected chi connectivity index (χ4v) is 4.52. The first-order valence-corrected chi connectivity index (χ1v) is 10.4. The van der Waals surface area contributed by atoms with E-state index in [4.69, 9.17) is 4.74 Å². The molecular weight excluding hydrogens is 390 g/mol. The van der Waals surface area contributed by atoms with Gasteiger partial charge in [-0.15, -0.1) is 0 Å². The molecule has 0 bridgehead atoms. The number of amides is 1. The van der Waals surface area contributed by atoms with Crippen LogP contribution in [0.5, 0.6) is 0 Å². The van der Waals surface area contributed by atoms with Gasteiger partial charge in [0.1, 0.15) is 0 Å². The lowest BCUT2D eigenvalue weighted by atomic mass is 9.96. The van der Waals surface area contributed by atoms with E-state index in [1.807, 2.05) is 78.9 Å². The molecule has 1 N–H and O–H groups in total. The highest BCUT2D eigenvalue weighted by molar-refractivity contribution is 5.81. The van der Waals surface area contributed by atoms with Gasteiger partial charge in [-0.25, -0.2) is 4.79 Å². The van der Waals surface area contributed by atoms with Gasteiger partial charge in [0.25, 0.3) is 0 Å². The lowest BCUT2D eigenvalue weighted by molar-refractivity contribution is -0.138. The highest BCUT2D eigenvalue weighted by Crippen LogP contribution is 2.47. The maximum Gasteiger partial charge on any atom is 0.410 e. The van der Waals surface area contributed by atoms with Gasteiger partial charge in [0.15, 0.2) is 0 Å². The predicted molar refractivity (Wildman–Crippen MR) is 119 cm³/mol. The molecule has 5 nitrogen and oxygen atoms in total. The smallest absolute Gasteiger partial charge is 0.410 e. The first kappa shape index (κ1) is 20.7. The molecule has 0 aromatic heterocycles. The summed E-state index contributed by atoms with van der Waals surface area (Å²) in [5.74, 6) is -0.938. The Morgan fingerprint density at radius 3 is 2.00 bits per heavy atom. The second-order valence-corrected chi connectivity index (χ2v) is 7.73. The largest absolute Gasteiger partial charge is 0.481 e. The molecule has 3 aromatic rings. The molecular formula is C26H25NO4. The Labute approximate surface area is 181 Å². The molecule has 0 saturated heterocycles. The molecule has 0 saturated carbocycles. The third kappa shape index (κ3) is 4.17. The van der Waals surface area contributed by atoms with Crippen LogP contribution in [0.15, 0.2) is 78.9 Å². The van der Waals surface area contributed by atoms with Crippen LogP contribution in [0.2, 0.25) is 0 Å². The number of ether oxygens (including phenoxy) is 1. The van der Waals surface area contributed by atoms with Crippen LogP contribution in [-0.2, 0) is 16.0 Å². The third-order valence-corrected chi connectivity index (χ3v) is 5.88. The Morgan fingerprint density at radius 1 is 0.903 bits per heavy atom. The van der Waals surface area contributed by atoms with E-state index in [1.54, 1.807) is 4.90 Å². The van der Waals surface area contributed by atoms with E-state index in [1.165, 1.54) is 7.11 Å². The number of methoxy groups -OCH3 is 1. The highest BCUT2D eigenvalue weighted by atomic mass is 16.5. The van der Waals surface area contributed by atoms with Gasteiger partial charge in [0.2, 0.25) is 0 Å². The zero-order valence-electron chi connectivity index (χ0n) is 17.4. The summed E-state index contributed by atoms with van der Waals surface area (Å²) in [4.78, 5) is 26.5. The summed E-state index contributed by atoms with van der Waals surface area (Å²) >= 11 is 0. The average Bonchev–Trinajstić information content (AvgIpc) is 3.12. The van der Waals surface area contributed by atoms with Gasteiger partial charge in [-0.2, -0.15) is 0 Å². The summed E-state index contributed by atoms with van der Waals surface area (Å²) < 4.78 is 5.16. The number of carbonyl (C=O) groups is 2. The summed E-state index contributed by atoms with van der Waals surface area (Å²) in [7, 11) is 1.34. The molecule has 1 atom stereocenters. The van der Waals surface area contributed by atoms with Crippen molar-refractivity contribution in [1.82, 2.24) is 4.90 Å². The Bertz CT molecular complexity index is 1030. The van der Waals surface area contributed by atoms with Crippen LogP contribution in [0.3, 0.4) is 0 Å². The van der Waals surface area contributed by atoms with Crippen LogP contribution in [-0.4, -0.2) is 35.2 Å². The average molecular weight is 415 g/mol. The number of fused-ring (bicyclic) bond motifs is 3. The highest BCUT2D eigenvalue weighted by Gasteiger charge is 2.40. The van der Waals surface area contributed by atoms with Crippen molar-refractivity contribution in [2.45, 2.75) is 31.3 Å². The zero-order chi connectivity index (χ0) is 21.8. The SMILES string of the molecule is COC(=O)N(C1c2ccccc2-c2ccccc21)[C@H](CCc1ccccc1)CC(=O)O. The van der Waals surface area contributed by atoms with Crippen LogP contribution in [0.4, 0.5) is 4.79 Å². The molecule has 0 fully saturated rings. The van der Waals surface area contributed by atoms with Gasteiger partial charge in [-0.1, -0.05) is 78.9 Å². The van der Waals surface area contributed by atoms with Crippen LogP contribution in [0.25, 0.3) is 11.1 Å². The first-order valence-electron chi connectivity index (χ1n) is 10.4. The quantitative estimate of drug-likeness (QED) is 0.569. The van der Waals surface area contributed by atoms with E-state index in [0.717, 1.165) is 27.8 Å². The van der Waals surface area contributed by atoms with Crippen molar-refractivity contribution >= 4 is 12.1 Å². The number of aliphatic carboxylic acids is 1. The molecule has 0 heterocycles. The summed E-state index contributed by atoms with van der Waals surface area (Å²) in [6.07, 6.45) is 0.521. The van der Waals surface area contributed by atoms with Crippen molar-refractivity contribution in [3.05, 3.63) is 95.6 Å². The van der Waals surface area contributed by atoms with E-state index in [-0.39, 0.29) is 12.5 Å². The van der Waals surface area contributed by atoms with E-state index in [9.17, 15) is 14.7 Å². The number of nitrogens with zero attached hydrogens (tertiary/aromatic N) is 1. The Morgan fingerprint density at radius 2 is 1.45 bits per heavy atom. The van der Waals surface area contributed by atoms with Crippen molar-refractivity contribution in [2.75, 3.05) is 7.11 Å². The molecule has 3 aromatic carbocycles. The normalized spacial score (nSPS) is 13.2. The monoisotopic (exact) mass is 415 g/mol. The fourth-order valence-electron chi connectivity index (χ4n) is 4.52. The molecule has 158 valence electrons. The maximum absolute atomic E-state index is 13.1. The second-order valence-electron chi connectivity index (χ2n) is 7.73. The molecule has 0 unspecified atom stereocenters. The lowest BCUT2D eigenvalue weighted by Gasteiger charge is -2.36. The number of carboxylic acid groups (broad SMARTS) is 1. The molecule has 1 aliphatic rings. The minimum atomic E-state index is -0.938. The van der Waals surface area contributed by atoms with Crippen molar-refractivity contribution in [1.29, 1.82) is 0 Å². The lowest BCUT2D eigenvalue weighted by Crippen LogP contribution is -2.44. The van der Waals surface area contributed by atoms with E-state index < -0.39 is 18.1 Å². The number of hydrogen-bond acceptors (Lipinski definition) is 3. The minimum absolute atomic E-state index is 0.150. The minimum Gasteiger partial charge on any atom is -0.481 e. The Kier molecular flexibility index (Phi) is 6.03. The third-order valence-electron chi connectivity index (χ3n) is 5.88. The molecule has 0 aliphatic heterocycles.